The summed E-state index contributed by atoms with van der Waals surface area (Å²) in [6, 6.07) is 10.0. The number of nitrogens with one attached hydrogen (secondary N) is 1. The lowest BCUT2D eigenvalue weighted by atomic mass is 10.2. The zero-order chi connectivity index (χ0) is 18.9. The Bertz CT molecular complexity index is 1060. The molecule has 1 aromatic heterocycles. The first kappa shape index (κ1) is 18.5. The Balaban J connectivity index is 2.03. The van der Waals surface area contributed by atoms with Gasteiger partial charge in [-0.3, -0.25) is 4.72 Å². The van der Waals surface area contributed by atoms with Gasteiger partial charge in [0.1, 0.15) is 10.6 Å². The number of sulfonamides is 1. The lowest BCUT2D eigenvalue weighted by molar-refractivity contribution is 0.403. The predicted molar refractivity (Wildman–Crippen MR) is 103 cm³/mol. The number of aryl methyl sites for hydroxylation is 2. The van der Waals surface area contributed by atoms with Crippen LogP contribution in [0.5, 0.6) is 5.75 Å². The van der Waals surface area contributed by atoms with Crippen LogP contribution in [0, 0.1) is 13.8 Å². The third-order valence-electron chi connectivity index (χ3n) is 3.77. The number of anilines is 1. The number of rotatable bonds is 5. The molecule has 1 heterocycles. The van der Waals surface area contributed by atoms with Crippen molar-refractivity contribution in [2.75, 3.05) is 11.8 Å². The lowest BCUT2D eigenvalue weighted by Gasteiger charge is -2.13. The van der Waals surface area contributed by atoms with E-state index in [0.717, 1.165) is 10.0 Å². The molecule has 0 radical (unpaired) electrons. The molecule has 0 atom stereocenters. The summed E-state index contributed by atoms with van der Waals surface area (Å²) < 4.78 is 40.0. The molecule has 2 aromatic carbocycles. The van der Waals surface area contributed by atoms with Crippen molar-refractivity contribution in [3.63, 3.8) is 0 Å². The zero-order valence-corrected chi connectivity index (χ0v) is 16.8. The molecule has 3 aromatic rings. The molecule has 0 saturated heterocycles. The van der Waals surface area contributed by atoms with E-state index in [9.17, 15) is 8.42 Å². The molecule has 8 heteroatoms. The van der Waals surface area contributed by atoms with Crippen LogP contribution in [0.3, 0.4) is 0 Å². The smallest absolute Gasteiger partial charge is 0.265 e. The Morgan fingerprint density at radius 1 is 1.15 bits per heavy atom. The van der Waals surface area contributed by atoms with Crippen molar-refractivity contribution in [3.05, 3.63) is 58.5 Å². The number of hydrogen-bond donors (Lipinski definition) is 1. The van der Waals surface area contributed by atoms with Gasteiger partial charge in [-0.15, -0.1) is 0 Å². The fourth-order valence-corrected chi connectivity index (χ4v) is 3.95. The number of halogens is 1. The van der Waals surface area contributed by atoms with E-state index >= 15 is 0 Å². The van der Waals surface area contributed by atoms with Crippen LogP contribution in [0.4, 0.5) is 5.69 Å². The predicted octanol–water partition coefficient (Wildman–Crippen LogP) is 4.53. The molecule has 0 aliphatic heterocycles. The normalized spacial score (nSPS) is 11.4. The molecular weight excluding hydrogens is 420 g/mol. The van der Waals surface area contributed by atoms with Crippen molar-refractivity contribution in [2.45, 2.75) is 18.7 Å². The van der Waals surface area contributed by atoms with Gasteiger partial charge in [0.25, 0.3) is 10.0 Å². The Hall–Kier alpha value is -2.32. The third-order valence-corrected chi connectivity index (χ3v) is 6.06. The van der Waals surface area contributed by atoms with Crippen molar-refractivity contribution in [2.24, 2.45) is 0 Å². The highest BCUT2D eigenvalue weighted by molar-refractivity contribution is 9.10. The summed E-state index contributed by atoms with van der Waals surface area (Å²) in [6.07, 6.45) is 1.55. The van der Waals surface area contributed by atoms with Crippen molar-refractivity contribution in [3.8, 4) is 17.1 Å². The van der Waals surface area contributed by atoms with Crippen LogP contribution in [0.1, 0.15) is 11.5 Å². The number of ether oxygens (including phenoxy) is 1. The van der Waals surface area contributed by atoms with Crippen molar-refractivity contribution in [1.29, 1.82) is 0 Å². The van der Waals surface area contributed by atoms with E-state index in [1.165, 1.54) is 13.2 Å². The van der Waals surface area contributed by atoms with E-state index in [1.807, 2.05) is 6.92 Å². The molecule has 0 amide bonds. The SMILES string of the molecule is COc1ccc(-c2cnc(C)o2)cc1S(=O)(=O)Nc1ccc(Br)c(C)c1. The van der Waals surface area contributed by atoms with Gasteiger partial charge in [-0.25, -0.2) is 13.4 Å². The van der Waals surface area contributed by atoms with Crippen LogP contribution in [0.15, 0.2) is 56.4 Å². The monoisotopic (exact) mass is 436 g/mol. The number of benzene rings is 2. The minimum Gasteiger partial charge on any atom is -0.495 e. The number of aromatic nitrogens is 1. The fourth-order valence-electron chi connectivity index (χ4n) is 2.45. The average Bonchev–Trinajstić information content (AvgIpc) is 3.04. The highest BCUT2D eigenvalue weighted by Gasteiger charge is 2.21. The topological polar surface area (TPSA) is 81.4 Å². The Morgan fingerprint density at radius 3 is 2.54 bits per heavy atom. The van der Waals surface area contributed by atoms with E-state index in [2.05, 4.69) is 25.6 Å². The molecule has 6 nitrogen and oxygen atoms in total. The highest BCUT2D eigenvalue weighted by atomic mass is 79.9. The van der Waals surface area contributed by atoms with Gasteiger partial charge in [-0.05, 0) is 48.9 Å². The van der Waals surface area contributed by atoms with Gasteiger partial charge in [0.05, 0.1) is 13.3 Å². The van der Waals surface area contributed by atoms with Gasteiger partial charge < -0.3 is 9.15 Å². The summed E-state index contributed by atoms with van der Waals surface area (Å²) in [5.74, 6) is 1.23. The molecule has 0 bridgehead atoms. The summed E-state index contributed by atoms with van der Waals surface area (Å²) >= 11 is 3.40. The number of oxazole rings is 1. The van der Waals surface area contributed by atoms with Gasteiger partial charge in [0.2, 0.25) is 0 Å². The van der Waals surface area contributed by atoms with E-state index in [1.54, 1.807) is 43.5 Å². The minimum atomic E-state index is -3.86. The van der Waals surface area contributed by atoms with Gasteiger partial charge in [0, 0.05) is 22.6 Å². The molecule has 0 spiro atoms. The first-order chi connectivity index (χ1) is 12.3. The second-order valence-electron chi connectivity index (χ2n) is 5.68. The molecular formula is C18H17BrN2O4S. The Kier molecular flexibility index (Phi) is 5.06. The second-order valence-corrected chi connectivity index (χ2v) is 8.18. The van der Waals surface area contributed by atoms with Crippen LogP contribution in [-0.4, -0.2) is 20.5 Å². The molecule has 0 aliphatic carbocycles. The van der Waals surface area contributed by atoms with Crippen molar-refractivity contribution < 1.29 is 17.6 Å². The van der Waals surface area contributed by atoms with Crippen LogP contribution < -0.4 is 9.46 Å². The molecule has 0 unspecified atom stereocenters. The maximum Gasteiger partial charge on any atom is 0.265 e. The van der Waals surface area contributed by atoms with Crippen LogP contribution in [0.25, 0.3) is 11.3 Å². The van der Waals surface area contributed by atoms with Gasteiger partial charge in [-0.1, -0.05) is 15.9 Å². The lowest BCUT2D eigenvalue weighted by Crippen LogP contribution is -2.14. The van der Waals surface area contributed by atoms with E-state index in [0.29, 0.717) is 22.9 Å². The van der Waals surface area contributed by atoms with Crippen LogP contribution >= 0.6 is 15.9 Å². The van der Waals surface area contributed by atoms with E-state index in [-0.39, 0.29) is 10.6 Å². The van der Waals surface area contributed by atoms with Gasteiger partial charge in [-0.2, -0.15) is 0 Å². The molecule has 136 valence electrons. The molecule has 0 aliphatic rings. The number of nitrogens with zero attached hydrogens (tertiary/aromatic N) is 1. The zero-order valence-electron chi connectivity index (χ0n) is 14.4. The fraction of sp³-hybridized carbons (Fsp3) is 0.167. The molecule has 0 saturated carbocycles. The highest BCUT2D eigenvalue weighted by Crippen LogP contribution is 2.32. The summed E-state index contributed by atoms with van der Waals surface area (Å²) in [5.41, 5.74) is 1.98. The largest absolute Gasteiger partial charge is 0.495 e. The minimum absolute atomic E-state index is 0.0205. The second kappa shape index (κ2) is 7.13. The maximum absolute atomic E-state index is 12.9. The summed E-state index contributed by atoms with van der Waals surface area (Å²) in [7, 11) is -2.43. The molecule has 26 heavy (non-hydrogen) atoms. The molecule has 0 fully saturated rings. The van der Waals surface area contributed by atoms with Gasteiger partial charge in [0.15, 0.2) is 11.7 Å². The quantitative estimate of drug-likeness (QED) is 0.634. The van der Waals surface area contributed by atoms with Crippen LogP contribution in [-0.2, 0) is 10.0 Å². The van der Waals surface area contributed by atoms with Crippen molar-refractivity contribution >= 4 is 31.6 Å². The summed E-state index contributed by atoms with van der Waals surface area (Å²) in [6.45, 7) is 3.61. The third kappa shape index (κ3) is 3.76. The summed E-state index contributed by atoms with van der Waals surface area (Å²) in [4.78, 5) is 4.07. The average molecular weight is 437 g/mol. The Morgan fingerprint density at radius 2 is 1.92 bits per heavy atom. The van der Waals surface area contributed by atoms with E-state index < -0.39 is 10.0 Å². The number of methoxy groups -OCH3 is 1. The van der Waals surface area contributed by atoms with Crippen LogP contribution in [0.2, 0.25) is 0 Å². The summed E-state index contributed by atoms with van der Waals surface area (Å²) in [5, 5.41) is 0. The molecule has 3 rings (SSSR count). The first-order valence-electron chi connectivity index (χ1n) is 7.70. The Labute approximate surface area is 160 Å². The first-order valence-corrected chi connectivity index (χ1v) is 9.97. The van der Waals surface area contributed by atoms with Crippen molar-refractivity contribution in [1.82, 2.24) is 4.98 Å². The van der Waals surface area contributed by atoms with E-state index in [4.69, 9.17) is 9.15 Å². The number of hydrogen-bond acceptors (Lipinski definition) is 5. The maximum atomic E-state index is 12.9. The molecule has 1 N–H and O–H groups in total. The van der Waals surface area contributed by atoms with Gasteiger partial charge >= 0.3 is 0 Å². The standard InChI is InChI=1S/C18H17BrN2O4S/c1-11-8-14(5-6-15(11)19)21-26(22,23)18-9-13(4-7-16(18)24-3)17-10-20-12(2)25-17/h4-10,21H,1-3H3.